The Balaban J connectivity index is -0.0000000720. The Morgan fingerprint density at radius 1 is 0.889 bits per heavy atom. The van der Waals surface area contributed by atoms with Gasteiger partial charge in [-0.05, 0) is 14.2 Å². The molecule has 0 aliphatic heterocycles. The summed E-state index contributed by atoms with van der Waals surface area (Å²) in [5.74, 6) is 0. The van der Waals surface area contributed by atoms with E-state index in [0.717, 1.165) is 0 Å². The SMILES string of the molecule is C[CH-]OC.C[CH-]OC.[Y]. The predicted molar refractivity (Wildman–Crippen MR) is 34.0 cm³/mol. The molecule has 3 heteroatoms. The Labute approximate surface area is 83.2 Å². The molecule has 0 aliphatic rings. The zero-order valence-electron chi connectivity index (χ0n) is 6.55. The maximum atomic E-state index is 4.42. The molecule has 0 saturated carbocycles. The molecule has 9 heavy (non-hydrogen) atoms. The van der Waals surface area contributed by atoms with Crippen molar-refractivity contribution in [1.82, 2.24) is 0 Å². The number of hydrogen-bond donors (Lipinski definition) is 0. The summed E-state index contributed by atoms with van der Waals surface area (Å²) in [6, 6.07) is 0. The van der Waals surface area contributed by atoms with Crippen LogP contribution in [0.4, 0.5) is 0 Å². The minimum Gasteiger partial charge on any atom is -0.555 e. The van der Waals surface area contributed by atoms with E-state index in [-0.39, 0.29) is 32.7 Å². The van der Waals surface area contributed by atoms with Crippen LogP contribution in [0.15, 0.2) is 0 Å². The Morgan fingerprint density at radius 2 is 1.00 bits per heavy atom. The predicted octanol–water partition coefficient (Wildman–Crippen LogP) is 1.63. The number of methoxy groups -OCH3 is 2. The summed E-state index contributed by atoms with van der Waals surface area (Å²) in [6.07, 6.45) is 0. The topological polar surface area (TPSA) is 18.5 Å². The smallest absolute Gasteiger partial charge is 0 e. The molecule has 0 spiro atoms. The molecule has 0 aliphatic carbocycles. The summed E-state index contributed by atoms with van der Waals surface area (Å²) in [7, 11) is 3.25. The first kappa shape index (κ1) is 16.5. The molecule has 2 nitrogen and oxygen atoms in total. The third kappa shape index (κ3) is 48.7. The van der Waals surface area contributed by atoms with Crippen LogP contribution in [-0.2, 0) is 42.2 Å². The Morgan fingerprint density at radius 3 is 1.00 bits per heavy atom. The molecular weight excluding hydrogens is 193 g/mol. The van der Waals surface area contributed by atoms with Crippen LogP contribution in [0, 0.1) is 13.2 Å². The van der Waals surface area contributed by atoms with Crippen molar-refractivity contribution >= 4 is 0 Å². The van der Waals surface area contributed by atoms with Gasteiger partial charge in [-0.1, -0.05) is 0 Å². The third-order valence-corrected chi connectivity index (χ3v) is 0.471. The minimum absolute atomic E-state index is 0. The molecule has 0 heterocycles. The fourth-order valence-electron chi connectivity index (χ4n) is 0. The minimum atomic E-state index is 0. The zero-order valence-corrected chi connectivity index (χ0v) is 9.39. The van der Waals surface area contributed by atoms with E-state index in [1.54, 1.807) is 27.4 Å². The molecule has 0 saturated heterocycles. The van der Waals surface area contributed by atoms with Gasteiger partial charge in [0.25, 0.3) is 0 Å². The standard InChI is InChI=1S/2C3H7O.Y/c2*1-3-4-2;/h2*3H,1-2H3;/q2*-1;. The van der Waals surface area contributed by atoms with Gasteiger partial charge in [0.15, 0.2) is 0 Å². The first-order valence-electron chi connectivity index (χ1n) is 2.44. The van der Waals surface area contributed by atoms with Crippen molar-refractivity contribution in [2.45, 2.75) is 13.8 Å². The van der Waals surface area contributed by atoms with E-state index in [9.17, 15) is 0 Å². The molecule has 0 rings (SSSR count). The summed E-state index contributed by atoms with van der Waals surface area (Å²) >= 11 is 0. The largest absolute Gasteiger partial charge is 0.555 e. The third-order valence-electron chi connectivity index (χ3n) is 0.471. The molecule has 0 fully saturated rings. The molecule has 1 radical (unpaired) electrons. The van der Waals surface area contributed by atoms with Crippen molar-refractivity contribution in [3.05, 3.63) is 13.2 Å². The monoisotopic (exact) mass is 207 g/mol. The molecule has 0 N–H and O–H groups in total. The van der Waals surface area contributed by atoms with E-state index >= 15 is 0 Å². The van der Waals surface area contributed by atoms with E-state index in [1.165, 1.54) is 0 Å². The van der Waals surface area contributed by atoms with Crippen LogP contribution >= 0.6 is 0 Å². The van der Waals surface area contributed by atoms with E-state index in [4.69, 9.17) is 0 Å². The number of rotatable bonds is 2. The van der Waals surface area contributed by atoms with Gasteiger partial charge in [0.05, 0.1) is 0 Å². The quantitative estimate of drug-likeness (QED) is 0.640. The number of ether oxygens (including phenoxy) is 2. The van der Waals surface area contributed by atoms with Gasteiger partial charge in [-0.25, -0.2) is 13.2 Å². The molecule has 0 amide bonds. The van der Waals surface area contributed by atoms with Crippen LogP contribution in [0.3, 0.4) is 0 Å². The van der Waals surface area contributed by atoms with Gasteiger partial charge < -0.3 is 9.47 Å². The van der Waals surface area contributed by atoms with Crippen molar-refractivity contribution in [1.29, 1.82) is 0 Å². The van der Waals surface area contributed by atoms with Crippen LogP contribution in [0.5, 0.6) is 0 Å². The summed E-state index contributed by atoms with van der Waals surface area (Å²) < 4.78 is 8.83. The van der Waals surface area contributed by atoms with Crippen LogP contribution in [0.25, 0.3) is 0 Å². The maximum absolute atomic E-state index is 4.42. The second-order valence-corrected chi connectivity index (χ2v) is 0.943. The van der Waals surface area contributed by atoms with Crippen molar-refractivity contribution in [2.24, 2.45) is 0 Å². The summed E-state index contributed by atoms with van der Waals surface area (Å²) in [5, 5.41) is 0. The summed E-state index contributed by atoms with van der Waals surface area (Å²) in [6.45, 7) is 6.92. The van der Waals surface area contributed by atoms with Crippen LogP contribution in [0.2, 0.25) is 0 Å². The molecule has 0 atom stereocenters. The van der Waals surface area contributed by atoms with Gasteiger partial charge in [0.1, 0.15) is 0 Å². The van der Waals surface area contributed by atoms with Gasteiger partial charge >= 0.3 is 0 Å². The van der Waals surface area contributed by atoms with Crippen LogP contribution in [0.1, 0.15) is 13.8 Å². The average Bonchev–Trinajstić information content (AvgIpc) is 1.88. The Kier molecular flexibility index (Phi) is 42.3. The van der Waals surface area contributed by atoms with Gasteiger partial charge in [-0.2, -0.15) is 13.8 Å². The van der Waals surface area contributed by atoms with Crippen molar-refractivity contribution in [3.63, 3.8) is 0 Å². The van der Waals surface area contributed by atoms with Gasteiger partial charge in [-0.3, -0.25) is 0 Å². The second-order valence-electron chi connectivity index (χ2n) is 0.943. The van der Waals surface area contributed by atoms with Crippen LogP contribution < -0.4 is 0 Å². The average molecular weight is 207 g/mol. The maximum Gasteiger partial charge on any atom is 0 e. The molecule has 0 bridgehead atoms. The van der Waals surface area contributed by atoms with Crippen molar-refractivity contribution in [2.75, 3.05) is 14.2 Å². The van der Waals surface area contributed by atoms with Gasteiger partial charge in [0, 0.05) is 32.7 Å². The molecule has 0 aromatic heterocycles. The summed E-state index contributed by atoms with van der Waals surface area (Å²) in [4.78, 5) is 0. The van der Waals surface area contributed by atoms with Gasteiger partial charge in [0.2, 0.25) is 0 Å². The molecule has 0 unspecified atom stereocenters. The van der Waals surface area contributed by atoms with Crippen LogP contribution in [-0.4, -0.2) is 14.2 Å². The van der Waals surface area contributed by atoms with Crippen molar-refractivity contribution in [3.8, 4) is 0 Å². The Bertz CT molecular complexity index is 19.0. The molecular formula is C6H14O2Y-2. The van der Waals surface area contributed by atoms with E-state index in [0.29, 0.717) is 0 Å². The van der Waals surface area contributed by atoms with Gasteiger partial charge in [-0.15, -0.1) is 0 Å². The second kappa shape index (κ2) is 23.0. The van der Waals surface area contributed by atoms with E-state index < -0.39 is 0 Å². The Hall–Kier alpha value is 1.02. The first-order chi connectivity index (χ1) is 3.83. The fraction of sp³-hybridized carbons (Fsp3) is 0.667. The molecule has 55 valence electrons. The zero-order chi connectivity index (χ0) is 6.83. The van der Waals surface area contributed by atoms with E-state index in [1.807, 2.05) is 13.8 Å². The normalized spacial score (nSPS) is 6.67. The van der Waals surface area contributed by atoms with Crippen molar-refractivity contribution < 1.29 is 42.2 Å². The number of hydrogen-bond acceptors (Lipinski definition) is 2. The molecule has 0 aromatic carbocycles. The first-order valence-corrected chi connectivity index (χ1v) is 2.44. The fourth-order valence-corrected chi connectivity index (χ4v) is 0. The summed E-state index contributed by atoms with van der Waals surface area (Å²) in [5.41, 5.74) is 0. The van der Waals surface area contributed by atoms with E-state index in [2.05, 4.69) is 9.47 Å². The molecule has 0 aromatic rings.